The molecular formula is C76H101N9O10Si. The third kappa shape index (κ3) is 22.6. The summed E-state index contributed by atoms with van der Waals surface area (Å²) in [6.07, 6.45) is 10.2. The molecule has 0 spiro atoms. The van der Waals surface area contributed by atoms with Crippen LogP contribution in [0.4, 0.5) is 22.2 Å². The van der Waals surface area contributed by atoms with Gasteiger partial charge < -0.3 is 54.1 Å². The molecule has 9 aromatic rings. The number of amides is 1. The number of carbonyl (C=O) groups is 1. The molecule has 7 heterocycles. The van der Waals surface area contributed by atoms with Crippen molar-refractivity contribution < 1.29 is 48.2 Å². The molecule has 0 bridgehead atoms. The predicted molar refractivity (Wildman–Crippen MR) is 390 cm³/mol. The molecule has 0 radical (unpaired) electrons. The molecule has 20 heteroatoms. The van der Waals surface area contributed by atoms with E-state index < -0.39 is 26.1 Å². The maximum atomic E-state index is 12.4. The Bertz CT molecular complexity index is 3840. The van der Waals surface area contributed by atoms with Crippen LogP contribution in [0.15, 0.2) is 146 Å². The quantitative estimate of drug-likeness (QED) is 0.0374. The molecule has 1 aliphatic rings. The van der Waals surface area contributed by atoms with E-state index in [-0.39, 0.29) is 35.9 Å². The molecule has 6 aromatic heterocycles. The molecule has 0 aliphatic carbocycles. The normalized spacial score (nSPS) is 14.1. The monoisotopic (exact) mass is 1330 g/mol. The SMILES string of the molecule is CCC(CO)O[Si](C)(C)C(C)(C)C.CCN(C(=O)OC(C)(C)C)c1ccc(-c2ccc3cc(O)ccc3n2)cn1.CCNc1ccc(-c2ccc3cc(OCC(CC)OC4CCCCO4)ccc3n2)cn1.CCNc1ccc(-c2ccc3cc(OCC(O)CC)ccc3n2)cn1. The van der Waals surface area contributed by atoms with E-state index in [1.807, 2.05) is 158 Å². The van der Waals surface area contributed by atoms with Crippen molar-refractivity contribution in [2.45, 2.75) is 170 Å². The zero-order valence-corrected chi connectivity index (χ0v) is 59.7. The van der Waals surface area contributed by atoms with Gasteiger partial charge in [0.2, 0.25) is 0 Å². The van der Waals surface area contributed by atoms with Gasteiger partial charge in [0.15, 0.2) is 14.6 Å². The van der Waals surface area contributed by atoms with Crippen molar-refractivity contribution in [3.05, 3.63) is 146 Å². The zero-order chi connectivity index (χ0) is 69.4. The topological polar surface area (TPSA) is 238 Å². The van der Waals surface area contributed by atoms with Crippen LogP contribution in [0.25, 0.3) is 66.5 Å². The summed E-state index contributed by atoms with van der Waals surface area (Å²) >= 11 is 0. The van der Waals surface area contributed by atoms with Crippen molar-refractivity contribution in [1.29, 1.82) is 0 Å². The van der Waals surface area contributed by atoms with Gasteiger partial charge in [0.05, 0.1) is 58.6 Å². The number of carbonyl (C=O) groups excluding carboxylic acids is 1. The lowest BCUT2D eigenvalue weighted by molar-refractivity contribution is -0.193. The van der Waals surface area contributed by atoms with Crippen LogP contribution in [0.1, 0.15) is 122 Å². The van der Waals surface area contributed by atoms with Gasteiger partial charge in [-0.05, 0) is 207 Å². The van der Waals surface area contributed by atoms with Crippen LogP contribution in [0.2, 0.25) is 18.1 Å². The maximum absolute atomic E-state index is 12.4. The van der Waals surface area contributed by atoms with Gasteiger partial charge in [-0.15, -0.1) is 0 Å². The van der Waals surface area contributed by atoms with E-state index in [1.54, 1.807) is 30.5 Å². The van der Waals surface area contributed by atoms with E-state index in [9.17, 15) is 15.0 Å². The average Bonchev–Trinajstić information content (AvgIpc) is 0.859. The van der Waals surface area contributed by atoms with E-state index in [0.717, 1.165) is 141 Å². The molecule has 10 rings (SSSR count). The fourth-order valence-electron chi connectivity index (χ4n) is 9.67. The van der Waals surface area contributed by atoms with E-state index in [4.69, 9.17) is 43.2 Å². The minimum Gasteiger partial charge on any atom is -0.508 e. The Balaban J connectivity index is 0.000000187. The zero-order valence-electron chi connectivity index (χ0n) is 58.7. The smallest absolute Gasteiger partial charge is 0.415 e. The Kier molecular flexibility index (Phi) is 28.2. The van der Waals surface area contributed by atoms with Crippen LogP contribution < -0.4 is 25.0 Å². The largest absolute Gasteiger partial charge is 0.508 e. The first-order valence-corrected chi connectivity index (χ1v) is 36.6. The average molecular weight is 1330 g/mol. The van der Waals surface area contributed by atoms with Crippen molar-refractivity contribution >= 4 is 64.6 Å². The molecule has 3 aromatic carbocycles. The first-order chi connectivity index (χ1) is 45.9. The second-order valence-corrected chi connectivity index (χ2v) is 30.7. The van der Waals surface area contributed by atoms with Gasteiger partial charge >= 0.3 is 6.09 Å². The van der Waals surface area contributed by atoms with Gasteiger partial charge in [-0.3, -0.25) is 4.90 Å². The summed E-state index contributed by atoms with van der Waals surface area (Å²) in [6.45, 7) is 32.5. The van der Waals surface area contributed by atoms with E-state index >= 15 is 0 Å². The summed E-state index contributed by atoms with van der Waals surface area (Å²) in [5.41, 5.74) is 7.44. The molecule has 1 amide bonds. The van der Waals surface area contributed by atoms with E-state index in [2.05, 4.69) is 84.3 Å². The number of rotatable bonds is 23. The Hall–Kier alpha value is -8.37. The second kappa shape index (κ2) is 36.1. The minimum absolute atomic E-state index is 0.0250. The standard InChI is InChI=1S/C25H31N3O3.C21H23N3O3.C20H23N3O2.C10H24O2Si/c1-3-20(31-25-7-5-6-14-29-25)17-30-21-10-12-22-18(15-21)8-11-23(28-22)19-9-13-24(26-4-2)27-16-19;1-5-24(20(26)27-21(2,3)4)19-11-7-15(13-22-19)18-9-6-14-12-16(25)8-10-17(14)23-18;1-3-16(24)13-25-17-7-9-18-14(11-17)5-8-19(23-18)15-6-10-20(21-4-2)22-12-15;1-7-9(8-11)12-13(5,6)10(2,3)4/h8-13,15-16,20,25H,3-7,14,17H2,1-2H3,(H,26,27);6-13,25H,5H2,1-4H3;5-12,16,24H,3-4,13H2,1-2H3,(H,21,22);9,11H,7-8H2,1-6H3. The molecular weight excluding hydrogens is 1230 g/mol. The van der Waals surface area contributed by atoms with Gasteiger partial charge in [0.1, 0.15) is 53.5 Å². The predicted octanol–water partition coefficient (Wildman–Crippen LogP) is 16.9. The molecule has 514 valence electrons. The third-order valence-electron chi connectivity index (χ3n) is 16.3. The molecule has 1 aliphatic heterocycles. The Morgan fingerprint density at radius 2 is 1.11 bits per heavy atom. The van der Waals surface area contributed by atoms with Crippen molar-refractivity contribution in [3.8, 4) is 51.0 Å². The number of pyridine rings is 6. The number of hydrogen-bond acceptors (Lipinski definition) is 18. The van der Waals surface area contributed by atoms with Crippen LogP contribution in [0, 0.1) is 0 Å². The van der Waals surface area contributed by atoms with Gasteiger partial charge in [-0.2, -0.15) is 0 Å². The number of fused-ring (bicyclic) bond motifs is 3. The molecule has 1 saturated heterocycles. The number of benzene rings is 3. The van der Waals surface area contributed by atoms with Crippen LogP contribution in [-0.4, -0.2) is 136 Å². The Labute approximate surface area is 568 Å². The number of aliphatic hydroxyl groups is 2. The highest BCUT2D eigenvalue weighted by atomic mass is 28.4. The first-order valence-electron chi connectivity index (χ1n) is 33.7. The van der Waals surface area contributed by atoms with Crippen molar-refractivity contribution in [1.82, 2.24) is 29.9 Å². The number of aromatic hydroxyl groups is 1. The molecule has 1 fully saturated rings. The Morgan fingerprint density at radius 1 is 0.615 bits per heavy atom. The number of aromatic nitrogens is 6. The van der Waals surface area contributed by atoms with Crippen LogP contribution in [0.3, 0.4) is 0 Å². The molecule has 4 atom stereocenters. The number of nitrogens with one attached hydrogen (secondary N) is 2. The van der Waals surface area contributed by atoms with Crippen molar-refractivity contribution in [2.75, 3.05) is 61.6 Å². The highest BCUT2D eigenvalue weighted by Gasteiger charge is 2.38. The minimum atomic E-state index is -1.67. The van der Waals surface area contributed by atoms with Gasteiger partial charge in [0.25, 0.3) is 0 Å². The number of hydrogen-bond donors (Lipinski definition) is 5. The maximum Gasteiger partial charge on any atom is 0.415 e. The van der Waals surface area contributed by atoms with E-state index in [1.165, 1.54) is 4.90 Å². The lowest BCUT2D eigenvalue weighted by atomic mass is 10.1. The van der Waals surface area contributed by atoms with Crippen molar-refractivity contribution in [3.63, 3.8) is 0 Å². The molecule has 96 heavy (non-hydrogen) atoms. The van der Waals surface area contributed by atoms with Crippen molar-refractivity contribution in [2.24, 2.45) is 0 Å². The number of nitrogens with zero attached hydrogens (tertiary/aromatic N) is 7. The summed E-state index contributed by atoms with van der Waals surface area (Å²) in [6, 6.07) is 40.4. The number of aliphatic hydroxyl groups excluding tert-OH is 2. The summed E-state index contributed by atoms with van der Waals surface area (Å²) in [4.78, 5) is 41.2. The fraction of sp³-hybridized carbons (Fsp3) is 0.434. The molecule has 5 N–H and O–H groups in total. The number of phenolic OH excluding ortho intramolecular Hbond substituents is 1. The highest BCUT2D eigenvalue weighted by molar-refractivity contribution is 6.74. The second-order valence-electron chi connectivity index (χ2n) is 26.0. The Morgan fingerprint density at radius 3 is 1.53 bits per heavy atom. The fourth-order valence-corrected chi connectivity index (χ4v) is 11.1. The number of phenols is 1. The van der Waals surface area contributed by atoms with E-state index in [0.29, 0.717) is 32.0 Å². The summed E-state index contributed by atoms with van der Waals surface area (Å²) in [5, 5.41) is 37.7. The summed E-state index contributed by atoms with van der Waals surface area (Å²) in [7, 11) is -1.67. The lowest BCUT2D eigenvalue weighted by Crippen LogP contribution is -2.44. The number of ether oxygens (including phenoxy) is 5. The first kappa shape index (κ1) is 75.0. The number of anilines is 3. The molecule has 19 nitrogen and oxygen atoms in total. The van der Waals surface area contributed by atoms with Crippen LogP contribution in [0.5, 0.6) is 17.2 Å². The van der Waals surface area contributed by atoms with Gasteiger partial charge in [-0.1, -0.05) is 59.7 Å². The van der Waals surface area contributed by atoms with Crippen LogP contribution in [-0.2, 0) is 18.6 Å². The highest BCUT2D eigenvalue weighted by Crippen LogP contribution is 2.38. The van der Waals surface area contributed by atoms with Crippen LogP contribution >= 0.6 is 0 Å². The van der Waals surface area contributed by atoms with Gasteiger partial charge in [0, 0.05) is 77.7 Å². The lowest BCUT2D eigenvalue weighted by Gasteiger charge is -2.38. The molecule has 0 saturated carbocycles. The third-order valence-corrected chi connectivity index (χ3v) is 20.8. The summed E-state index contributed by atoms with van der Waals surface area (Å²) < 4.78 is 34.8. The van der Waals surface area contributed by atoms with Gasteiger partial charge in [-0.25, -0.2) is 34.7 Å². The summed E-state index contributed by atoms with van der Waals surface area (Å²) in [5.74, 6) is 4.05. The molecule has 4 unspecified atom stereocenters.